The second-order valence-corrected chi connectivity index (χ2v) is 5.39. The summed E-state index contributed by atoms with van der Waals surface area (Å²) in [5.74, 6) is -1.51. The molecule has 0 heterocycles. The average molecular weight is 330 g/mol. The molecule has 1 atom stereocenters. The highest BCUT2D eigenvalue weighted by Gasteiger charge is 2.17. The Morgan fingerprint density at radius 2 is 1.75 bits per heavy atom. The van der Waals surface area contributed by atoms with Crippen LogP contribution in [0.4, 0.5) is 4.39 Å². The molecule has 0 saturated carbocycles. The van der Waals surface area contributed by atoms with Gasteiger partial charge < -0.3 is 4.74 Å². The van der Waals surface area contributed by atoms with Crippen molar-refractivity contribution in [1.82, 2.24) is 10.9 Å². The highest BCUT2D eigenvalue weighted by Crippen LogP contribution is 2.16. The predicted molar refractivity (Wildman–Crippen MR) is 87.7 cm³/mol. The van der Waals surface area contributed by atoms with E-state index in [-0.39, 0.29) is 18.1 Å². The molecule has 0 bridgehead atoms. The molecule has 0 saturated heterocycles. The summed E-state index contributed by atoms with van der Waals surface area (Å²) in [7, 11) is 0. The van der Waals surface area contributed by atoms with Crippen LogP contribution in [-0.4, -0.2) is 17.9 Å². The fraction of sp³-hybridized carbons (Fsp3) is 0.222. The highest BCUT2D eigenvalue weighted by atomic mass is 19.1. The van der Waals surface area contributed by atoms with Crippen LogP contribution in [0.1, 0.15) is 18.1 Å². The Morgan fingerprint density at radius 3 is 2.42 bits per heavy atom. The van der Waals surface area contributed by atoms with Crippen LogP contribution in [0.15, 0.2) is 48.5 Å². The first-order valence-corrected chi connectivity index (χ1v) is 7.51. The summed E-state index contributed by atoms with van der Waals surface area (Å²) in [4.78, 5) is 23.7. The number of rotatable bonds is 5. The maximum atomic E-state index is 13.5. The predicted octanol–water partition coefficient (Wildman–Crippen LogP) is 2.29. The fourth-order valence-corrected chi connectivity index (χ4v) is 1.95. The minimum atomic E-state index is -0.957. The van der Waals surface area contributed by atoms with Crippen molar-refractivity contribution in [3.05, 3.63) is 65.5 Å². The lowest BCUT2D eigenvalue weighted by Gasteiger charge is -2.15. The molecule has 2 amide bonds. The molecule has 0 aliphatic carbocycles. The third kappa shape index (κ3) is 5.08. The molecule has 0 fully saturated rings. The maximum absolute atomic E-state index is 13.5. The van der Waals surface area contributed by atoms with Gasteiger partial charge in [0, 0.05) is 0 Å². The van der Waals surface area contributed by atoms with E-state index in [2.05, 4.69) is 10.9 Å². The molecule has 5 nitrogen and oxygen atoms in total. The van der Waals surface area contributed by atoms with E-state index in [4.69, 9.17) is 4.74 Å². The minimum Gasteiger partial charge on any atom is -0.478 e. The second kappa shape index (κ2) is 8.10. The number of para-hydroxylation sites is 1. The number of ether oxygens (including phenoxy) is 1. The van der Waals surface area contributed by atoms with Gasteiger partial charge in [-0.25, -0.2) is 4.39 Å². The molecule has 0 aromatic heterocycles. The Hall–Kier alpha value is -2.89. The van der Waals surface area contributed by atoms with Crippen LogP contribution < -0.4 is 15.6 Å². The number of hydrazine groups is 1. The van der Waals surface area contributed by atoms with Gasteiger partial charge in [-0.2, -0.15) is 0 Å². The maximum Gasteiger partial charge on any atom is 0.279 e. The molecule has 2 rings (SSSR count). The van der Waals surface area contributed by atoms with E-state index in [0.29, 0.717) is 0 Å². The molecule has 1 unspecified atom stereocenters. The van der Waals surface area contributed by atoms with Crippen molar-refractivity contribution in [1.29, 1.82) is 0 Å². The van der Waals surface area contributed by atoms with Crippen LogP contribution >= 0.6 is 0 Å². The number of hydrogen-bond acceptors (Lipinski definition) is 3. The van der Waals surface area contributed by atoms with Crippen molar-refractivity contribution in [3.63, 3.8) is 0 Å². The van der Waals surface area contributed by atoms with Gasteiger partial charge in [-0.1, -0.05) is 42.0 Å². The van der Waals surface area contributed by atoms with Crippen LogP contribution in [-0.2, 0) is 16.0 Å². The molecule has 126 valence electrons. The molecule has 6 heteroatoms. The monoisotopic (exact) mass is 330 g/mol. The normalized spacial score (nSPS) is 11.5. The third-order valence-corrected chi connectivity index (χ3v) is 3.32. The molecule has 0 aliphatic rings. The van der Waals surface area contributed by atoms with Gasteiger partial charge in [-0.05, 0) is 31.5 Å². The van der Waals surface area contributed by atoms with Gasteiger partial charge in [-0.15, -0.1) is 0 Å². The summed E-state index contributed by atoms with van der Waals surface area (Å²) >= 11 is 0. The Balaban J connectivity index is 1.80. The van der Waals surface area contributed by atoms with Gasteiger partial charge in [0.25, 0.3) is 5.91 Å². The van der Waals surface area contributed by atoms with Crippen molar-refractivity contribution in [2.75, 3.05) is 0 Å². The van der Waals surface area contributed by atoms with E-state index in [1.54, 1.807) is 6.07 Å². The summed E-state index contributed by atoms with van der Waals surface area (Å²) < 4.78 is 18.7. The molecule has 2 N–H and O–H groups in total. The first-order chi connectivity index (χ1) is 11.5. The van der Waals surface area contributed by atoms with E-state index in [9.17, 15) is 14.0 Å². The lowest BCUT2D eigenvalue weighted by molar-refractivity contribution is -0.132. The SMILES string of the molecule is Cc1ccc(CC(=O)NNC(=O)C(C)Oc2ccccc2F)cc1. The summed E-state index contributed by atoms with van der Waals surface area (Å²) in [6.45, 7) is 3.43. The van der Waals surface area contributed by atoms with Crippen LogP contribution in [0.3, 0.4) is 0 Å². The minimum absolute atomic E-state index is 0.0221. The van der Waals surface area contributed by atoms with Crippen LogP contribution in [0.2, 0.25) is 0 Å². The largest absolute Gasteiger partial charge is 0.478 e. The smallest absolute Gasteiger partial charge is 0.279 e. The standard InChI is InChI=1S/C18H19FN2O3/c1-12-7-9-14(10-8-12)11-17(22)20-21-18(23)13(2)24-16-6-4-3-5-15(16)19/h3-10,13H,11H2,1-2H3,(H,20,22)(H,21,23). The summed E-state index contributed by atoms with van der Waals surface area (Å²) in [6, 6.07) is 13.3. The lowest BCUT2D eigenvalue weighted by Crippen LogP contribution is -2.47. The lowest BCUT2D eigenvalue weighted by atomic mass is 10.1. The number of aryl methyl sites for hydroxylation is 1. The summed E-state index contributed by atoms with van der Waals surface area (Å²) in [5.41, 5.74) is 6.52. The summed E-state index contributed by atoms with van der Waals surface area (Å²) in [5, 5.41) is 0. The van der Waals surface area contributed by atoms with E-state index >= 15 is 0 Å². The highest BCUT2D eigenvalue weighted by molar-refractivity contribution is 5.85. The van der Waals surface area contributed by atoms with Gasteiger partial charge in [0.05, 0.1) is 6.42 Å². The van der Waals surface area contributed by atoms with Gasteiger partial charge in [0.15, 0.2) is 17.7 Å². The van der Waals surface area contributed by atoms with Gasteiger partial charge in [-0.3, -0.25) is 20.4 Å². The average Bonchev–Trinajstić information content (AvgIpc) is 2.56. The molecule has 0 spiro atoms. The molecular weight excluding hydrogens is 311 g/mol. The van der Waals surface area contributed by atoms with Crippen molar-refractivity contribution in [3.8, 4) is 5.75 Å². The fourth-order valence-electron chi connectivity index (χ4n) is 1.95. The van der Waals surface area contributed by atoms with E-state index in [1.807, 2.05) is 31.2 Å². The molecule has 0 aliphatic heterocycles. The molecule has 0 radical (unpaired) electrons. The van der Waals surface area contributed by atoms with Crippen LogP contribution in [0.5, 0.6) is 5.75 Å². The molecule has 2 aromatic carbocycles. The van der Waals surface area contributed by atoms with Gasteiger partial charge in [0.1, 0.15) is 0 Å². The Bertz CT molecular complexity index is 716. The number of nitrogens with one attached hydrogen (secondary N) is 2. The quantitative estimate of drug-likeness (QED) is 0.827. The molecular formula is C18H19FN2O3. The Kier molecular flexibility index (Phi) is 5.89. The zero-order chi connectivity index (χ0) is 17.5. The number of benzene rings is 2. The zero-order valence-corrected chi connectivity index (χ0v) is 13.5. The third-order valence-electron chi connectivity index (χ3n) is 3.32. The number of hydrogen-bond donors (Lipinski definition) is 2. The first kappa shape index (κ1) is 17.5. The Morgan fingerprint density at radius 1 is 1.08 bits per heavy atom. The molecule has 24 heavy (non-hydrogen) atoms. The second-order valence-electron chi connectivity index (χ2n) is 5.39. The Labute approximate surface area is 139 Å². The topological polar surface area (TPSA) is 67.4 Å². The number of amides is 2. The van der Waals surface area contributed by atoms with E-state index < -0.39 is 17.8 Å². The first-order valence-electron chi connectivity index (χ1n) is 7.51. The van der Waals surface area contributed by atoms with E-state index in [1.165, 1.54) is 25.1 Å². The van der Waals surface area contributed by atoms with Crippen molar-refractivity contribution in [2.24, 2.45) is 0 Å². The number of carbonyl (C=O) groups excluding carboxylic acids is 2. The zero-order valence-electron chi connectivity index (χ0n) is 13.5. The van der Waals surface area contributed by atoms with Crippen molar-refractivity contribution < 1.29 is 18.7 Å². The van der Waals surface area contributed by atoms with Crippen LogP contribution in [0, 0.1) is 12.7 Å². The molecule has 2 aromatic rings. The number of halogens is 1. The van der Waals surface area contributed by atoms with E-state index in [0.717, 1.165) is 11.1 Å². The van der Waals surface area contributed by atoms with Gasteiger partial charge >= 0.3 is 0 Å². The van der Waals surface area contributed by atoms with Crippen LogP contribution in [0.25, 0.3) is 0 Å². The summed E-state index contributed by atoms with van der Waals surface area (Å²) in [6.07, 6.45) is -0.815. The number of carbonyl (C=O) groups is 2. The van der Waals surface area contributed by atoms with Crippen molar-refractivity contribution >= 4 is 11.8 Å². The van der Waals surface area contributed by atoms with Gasteiger partial charge in [0.2, 0.25) is 5.91 Å². The van der Waals surface area contributed by atoms with Crippen molar-refractivity contribution in [2.45, 2.75) is 26.4 Å².